The van der Waals surface area contributed by atoms with Gasteiger partial charge in [-0.3, -0.25) is 0 Å². The first-order valence-electron chi connectivity index (χ1n) is 6.58. The molecule has 5 heteroatoms. The van der Waals surface area contributed by atoms with E-state index in [9.17, 15) is 0 Å². The molecule has 98 valence electrons. The molecule has 1 aromatic carbocycles. The summed E-state index contributed by atoms with van der Waals surface area (Å²) in [6, 6.07) is 5.85. The smallest absolute Gasteiger partial charge is 0.231 e. The molecule has 2 aromatic rings. The number of benzene rings is 1. The molecule has 0 atom stereocenters. The van der Waals surface area contributed by atoms with E-state index in [2.05, 4.69) is 9.55 Å². The molecule has 0 saturated carbocycles. The highest BCUT2D eigenvalue weighted by Crippen LogP contribution is 2.37. The lowest BCUT2D eigenvalue weighted by molar-refractivity contribution is 0.174. The molecule has 0 aliphatic carbocycles. The highest BCUT2D eigenvalue weighted by Gasteiger charge is 2.21. The minimum Gasteiger partial charge on any atom is -0.454 e. The molecule has 2 aliphatic rings. The Labute approximate surface area is 111 Å². The zero-order chi connectivity index (χ0) is 12.8. The molecule has 1 aromatic heterocycles. The van der Waals surface area contributed by atoms with E-state index < -0.39 is 0 Å². The Bertz CT molecular complexity index is 648. The van der Waals surface area contributed by atoms with Crippen LogP contribution in [0.25, 0.3) is 11.3 Å². The van der Waals surface area contributed by atoms with Crippen molar-refractivity contribution in [2.24, 2.45) is 0 Å². The first-order valence-corrected chi connectivity index (χ1v) is 6.58. The lowest BCUT2D eigenvalue weighted by Crippen LogP contribution is -2.12. The number of hydrogen-bond donors (Lipinski definition) is 1. The molecule has 0 fully saturated rings. The summed E-state index contributed by atoms with van der Waals surface area (Å²) in [5, 5.41) is 0. The first-order chi connectivity index (χ1) is 9.33. The Kier molecular flexibility index (Phi) is 2.21. The lowest BCUT2D eigenvalue weighted by atomic mass is 10.1. The molecule has 0 bridgehead atoms. The van der Waals surface area contributed by atoms with Crippen LogP contribution in [0.4, 0.5) is 5.82 Å². The van der Waals surface area contributed by atoms with Crippen molar-refractivity contribution in [1.29, 1.82) is 0 Å². The predicted molar refractivity (Wildman–Crippen MR) is 71.1 cm³/mol. The van der Waals surface area contributed by atoms with E-state index in [0.717, 1.165) is 47.4 Å². The highest BCUT2D eigenvalue weighted by molar-refractivity contribution is 5.73. The van der Waals surface area contributed by atoms with Crippen molar-refractivity contribution in [2.45, 2.75) is 25.8 Å². The van der Waals surface area contributed by atoms with Gasteiger partial charge in [0.2, 0.25) is 6.79 Å². The van der Waals surface area contributed by atoms with Crippen LogP contribution in [0.1, 0.15) is 18.7 Å². The Morgan fingerprint density at radius 2 is 2.05 bits per heavy atom. The molecular formula is C14H15N3O2. The fourth-order valence-electron chi connectivity index (χ4n) is 2.76. The van der Waals surface area contributed by atoms with Crippen LogP contribution >= 0.6 is 0 Å². The molecule has 0 saturated heterocycles. The summed E-state index contributed by atoms with van der Waals surface area (Å²) >= 11 is 0. The van der Waals surface area contributed by atoms with E-state index in [0.29, 0.717) is 0 Å². The number of rotatable bonds is 1. The van der Waals surface area contributed by atoms with Crippen LogP contribution in [0.15, 0.2) is 18.2 Å². The third kappa shape index (κ3) is 1.58. The van der Waals surface area contributed by atoms with E-state index >= 15 is 0 Å². The standard InChI is InChI=1S/C14H15N3O2/c15-14-13(16-12-3-1-2-6-17(12)14)9-4-5-10-11(7-9)19-8-18-10/h4-5,7H,1-3,6,8,15H2. The maximum absolute atomic E-state index is 6.23. The monoisotopic (exact) mass is 257 g/mol. The molecule has 2 N–H and O–H groups in total. The van der Waals surface area contributed by atoms with E-state index in [-0.39, 0.29) is 6.79 Å². The summed E-state index contributed by atoms with van der Waals surface area (Å²) in [5.41, 5.74) is 8.08. The lowest BCUT2D eigenvalue weighted by Gasteiger charge is -2.14. The minimum atomic E-state index is 0.286. The van der Waals surface area contributed by atoms with Crippen molar-refractivity contribution in [1.82, 2.24) is 9.55 Å². The molecule has 0 radical (unpaired) electrons. The number of hydrogen-bond acceptors (Lipinski definition) is 4. The van der Waals surface area contributed by atoms with E-state index in [1.54, 1.807) is 0 Å². The summed E-state index contributed by atoms with van der Waals surface area (Å²) < 4.78 is 12.9. The number of aromatic nitrogens is 2. The van der Waals surface area contributed by atoms with Gasteiger partial charge in [-0.05, 0) is 31.0 Å². The normalized spacial score (nSPS) is 16.4. The highest BCUT2D eigenvalue weighted by atomic mass is 16.7. The third-order valence-electron chi connectivity index (χ3n) is 3.76. The molecule has 19 heavy (non-hydrogen) atoms. The molecule has 3 heterocycles. The molecule has 0 amide bonds. The van der Waals surface area contributed by atoms with Crippen LogP contribution in [0, 0.1) is 0 Å². The van der Waals surface area contributed by atoms with Gasteiger partial charge in [-0.1, -0.05) is 0 Å². The average Bonchev–Trinajstić information content (AvgIpc) is 3.03. The maximum atomic E-state index is 6.23. The summed E-state index contributed by atoms with van der Waals surface area (Å²) in [4.78, 5) is 4.69. The van der Waals surface area contributed by atoms with Crippen molar-refractivity contribution >= 4 is 5.82 Å². The second-order valence-corrected chi connectivity index (χ2v) is 4.94. The first kappa shape index (κ1) is 10.7. The SMILES string of the molecule is Nc1c(-c2ccc3c(c2)OCO3)nc2n1CCCC2. The second kappa shape index (κ2) is 3.91. The largest absolute Gasteiger partial charge is 0.454 e. The van der Waals surface area contributed by atoms with Gasteiger partial charge in [-0.25, -0.2) is 4.98 Å². The van der Waals surface area contributed by atoms with Crippen LogP contribution in [-0.4, -0.2) is 16.3 Å². The maximum Gasteiger partial charge on any atom is 0.231 e. The summed E-state index contributed by atoms with van der Waals surface area (Å²) in [5.74, 6) is 3.40. The number of anilines is 1. The molecule has 0 spiro atoms. The van der Waals surface area contributed by atoms with Gasteiger partial charge in [-0.2, -0.15) is 0 Å². The summed E-state index contributed by atoms with van der Waals surface area (Å²) in [6.45, 7) is 1.26. The molecule has 5 nitrogen and oxygen atoms in total. The molecule has 2 aliphatic heterocycles. The van der Waals surface area contributed by atoms with Crippen LogP contribution in [-0.2, 0) is 13.0 Å². The van der Waals surface area contributed by atoms with Gasteiger partial charge in [0, 0.05) is 18.5 Å². The number of nitrogen functional groups attached to an aromatic ring is 1. The van der Waals surface area contributed by atoms with Gasteiger partial charge in [0.05, 0.1) is 0 Å². The van der Waals surface area contributed by atoms with Crippen molar-refractivity contribution < 1.29 is 9.47 Å². The quantitative estimate of drug-likeness (QED) is 0.850. The topological polar surface area (TPSA) is 62.3 Å². The Morgan fingerprint density at radius 1 is 1.16 bits per heavy atom. The van der Waals surface area contributed by atoms with Gasteiger partial charge >= 0.3 is 0 Å². The number of nitrogens with two attached hydrogens (primary N) is 1. The van der Waals surface area contributed by atoms with Crippen LogP contribution in [0.3, 0.4) is 0 Å². The van der Waals surface area contributed by atoms with Gasteiger partial charge in [0.1, 0.15) is 17.3 Å². The Morgan fingerprint density at radius 3 is 2.95 bits per heavy atom. The zero-order valence-corrected chi connectivity index (χ0v) is 10.6. The fourth-order valence-corrected chi connectivity index (χ4v) is 2.76. The van der Waals surface area contributed by atoms with Crippen LogP contribution in [0.5, 0.6) is 11.5 Å². The number of aryl methyl sites for hydroxylation is 1. The number of imidazole rings is 1. The molecular weight excluding hydrogens is 242 g/mol. The van der Waals surface area contributed by atoms with E-state index in [4.69, 9.17) is 15.2 Å². The number of ether oxygens (including phenoxy) is 2. The van der Waals surface area contributed by atoms with E-state index in [1.807, 2.05) is 18.2 Å². The Hall–Kier alpha value is -2.17. The van der Waals surface area contributed by atoms with Crippen molar-refractivity contribution in [3.8, 4) is 22.8 Å². The second-order valence-electron chi connectivity index (χ2n) is 4.94. The number of fused-ring (bicyclic) bond motifs is 2. The van der Waals surface area contributed by atoms with Crippen molar-refractivity contribution in [2.75, 3.05) is 12.5 Å². The van der Waals surface area contributed by atoms with Crippen molar-refractivity contribution in [3.63, 3.8) is 0 Å². The fraction of sp³-hybridized carbons (Fsp3) is 0.357. The molecule has 0 unspecified atom stereocenters. The van der Waals surface area contributed by atoms with Crippen molar-refractivity contribution in [3.05, 3.63) is 24.0 Å². The van der Waals surface area contributed by atoms with E-state index in [1.165, 1.54) is 12.8 Å². The molecule has 4 rings (SSSR count). The average molecular weight is 257 g/mol. The minimum absolute atomic E-state index is 0.286. The van der Waals surface area contributed by atoms with Gasteiger partial charge in [0.25, 0.3) is 0 Å². The van der Waals surface area contributed by atoms with Gasteiger partial charge in [-0.15, -0.1) is 0 Å². The van der Waals surface area contributed by atoms with Crippen LogP contribution < -0.4 is 15.2 Å². The summed E-state index contributed by atoms with van der Waals surface area (Å²) in [6.07, 6.45) is 3.37. The number of nitrogens with zero attached hydrogens (tertiary/aromatic N) is 2. The Balaban J connectivity index is 1.82. The van der Waals surface area contributed by atoms with Gasteiger partial charge in [0.15, 0.2) is 11.5 Å². The third-order valence-corrected chi connectivity index (χ3v) is 3.76. The van der Waals surface area contributed by atoms with Gasteiger partial charge < -0.3 is 19.8 Å². The van der Waals surface area contributed by atoms with Crippen LogP contribution in [0.2, 0.25) is 0 Å². The predicted octanol–water partition coefficient (Wildman–Crippen LogP) is 2.20. The zero-order valence-electron chi connectivity index (χ0n) is 10.6. The summed E-state index contributed by atoms with van der Waals surface area (Å²) in [7, 11) is 0.